The van der Waals surface area contributed by atoms with E-state index in [0.29, 0.717) is 0 Å². The summed E-state index contributed by atoms with van der Waals surface area (Å²) in [4.78, 5) is 36.4. The van der Waals surface area contributed by atoms with Crippen molar-refractivity contribution in [3.05, 3.63) is 65.2 Å². The molecule has 0 saturated carbocycles. The molecule has 0 atom stereocenters. The highest BCUT2D eigenvalue weighted by Crippen LogP contribution is 2.27. The van der Waals surface area contributed by atoms with Gasteiger partial charge in [-0.2, -0.15) is 5.43 Å². The van der Waals surface area contributed by atoms with Crippen LogP contribution in [0.3, 0.4) is 0 Å². The lowest BCUT2D eigenvalue weighted by molar-refractivity contribution is 0.0138. The summed E-state index contributed by atoms with van der Waals surface area (Å²) in [5.74, 6) is -2.77. The zero-order chi connectivity index (χ0) is 16.6. The zero-order valence-electron chi connectivity index (χ0n) is 11.7. The van der Waals surface area contributed by atoms with Gasteiger partial charge in [0.05, 0.1) is 5.56 Å². The number of hydrazine groups is 1. The van der Waals surface area contributed by atoms with Crippen LogP contribution in [-0.2, 0) is 0 Å². The molecule has 7 nitrogen and oxygen atoms in total. The number of hydrogen-bond acceptors (Lipinski definition) is 6. The van der Waals surface area contributed by atoms with E-state index in [2.05, 4.69) is 10.9 Å². The molecule has 1 aliphatic rings. The van der Waals surface area contributed by atoms with E-state index in [-0.39, 0.29) is 22.4 Å². The lowest BCUT2D eigenvalue weighted by Crippen LogP contribution is -2.61. The number of hydrogen-bond donors (Lipinski definition) is 4. The van der Waals surface area contributed by atoms with E-state index >= 15 is 0 Å². The number of para-hydroxylation sites is 1. The van der Waals surface area contributed by atoms with E-state index in [4.69, 9.17) is 0 Å². The number of Topliss-reactive ketones (excluding diaryl/α,β-unsaturated/α-hetero) is 2. The molecule has 1 aliphatic carbocycles. The van der Waals surface area contributed by atoms with Crippen LogP contribution in [0.15, 0.2) is 48.5 Å². The Morgan fingerprint density at radius 3 is 2.00 bits per heavy atom. The number of rotatable bonds is 3. The summed E-state index contributed by atoms with van der Waals surface area (Å²) in [6.07, 6.45) is 0. The minimum Gasteiger partial charge on any atom is -0.507 e. The molecule has 0 unspecified atom stereocenters. The predicted octanol–water partition coefficient (Wildman–Crippen LogP) is 0.394. The number of phenolic OH excluding ortho intramolecular Hbond substituents is 1. The van der Waals surface area contributed by atoms with Gasteiger partial charge in [-0.25, -0.2) is 0 Å². The summed E-state index contributed by atoms with van der Waals surface area (Å²) in [6.45, 7) is 0. The predicted molar refractivity (Wildman–Crippen MR) is 78.8 cm³/mol. The molecule has 0 aliphatic heterocycles. The second-order valence-corrected chi connectivity index (χ2v) is 5.01. The Kier molecular flexibility index (Phi) is 3.44. The van der Waals surface area contributed by atoms with Crippen LogP contribution in [0.4, 0.5) is 0 Å². The molecular formula is C16H12N2O5. The van der Waals surface area contributed by atoms with Crippen LogP contribution in [0, 0.1) is 0 Å². The Morgan fingerprint density at radius 2 is 1.43 bits per heavy atom. The molecular weight excluding hydrogens is 300 g/mol. The van der Waals surface area contributed by atoms with Gasteiger partial charge in [0, 0.05) is 11.1 Å². The molecule has 0 heterocycles. The maximum Gasteiger partial charge on any atom is 0.269 e. The maximum atomic E-state index is 12.2. The molecule has 2 aromatic carbocycles. The molecule has 4 N–H and O–H groups in total. The summed E-state index contributed by atoms with van der Waals surface area (Å²) in [6, 6.07) is 11.7. The summed E-state index contributed by atoms with van der Waals surface area (Å²) in [5, 5.41) is 19.9. The molecule has 2 aromatic rings. The summed E-state index contributed by atoms with van der Waals surface area (Å²) >= 11 is 0. The highest BCUT2D eigenvalue weighted by molar-refractivity contribution is 6.31. The first-order valence-electron chi connectivity index (χ1n) is 6.71. The fourth-order valence-corrected chi connectivity index (χ4v) is 2.37. The van der Waals surface area contributed by atoms with Crippen LogP contribution < -0.4 is 10.9 Å². The lowest BCUT2D eigenvalue weighted by atomic mass is 10.1. The van der Waals surface area contributed by atoms with Gasteiger partial charge >= 0.3 is 0 Å². The van der Waals surface area contributed by atoms with Crippen LogP contribution in [0.25, 0.3) is 0 Å². The van der Waals surface area contributed by atoms with Crippen molar-refractivity contribution in [2.24, 2.45) is 0 Å². The first kappa shape index (κ1) is 14.9. The van der Waals surface area contributed by atoms with Gasteiger partial charge in [-0.1, -0.05) is 36.4 Å². The number of fused-ring (bicyclic) bond motifs is 1. The number of aromatic hydroxyl groups is 1. The number of carbonyl (C=O) groups is 3. The number of ketones is 2. The van der Waals surface area contributed by atoms with Gasteiger partial charge in [-0.15, -0.1) is 0 Å². The third-order valence-corrected chi connectivity index (χ3v) is 3.58. The second kappa shape index (κ2) is 5.31. The average molecular weight is 312 g/mol. The zero-order valence-corrected chi connectivity index (χ0v) is 11.7. The highest BCUT2D eigenvalue weighted by Gasteiger charge is 2.52. The third-order valence-electron chi connectivity index (χ3n) is 3.58. The van der Waals surface area contributed by atoms with Crippen molar-refractivity contribution < 1.29 is 24.6 Å². The summed E-state index contributed by atoms with van der Waals surface area (Å²) < 4.78 is 0. The number of aliphatic hydroxyl groups is 1. The molecule has 3 rings (SSSR count). The van der Waals surface area contributed by atoms with Crippen LogP contribution in [0.1, 0.15) is 31.1 Å². The minimum atomic E-state index is -2.57. The quantitative estimate of drug-likeness (QED) is 0.370. The van der Waals surface area contributed by atoms with Gasteiger partial charge in [-0.3, -0.25) is 19.8 Å². The van der Waals surface area contributed by atoms with E-state index in [9.17, 15) is 24.6 Å². The number of amides is 1. The second-order valence-electron chi connectivity index (χ2n) is 5.01. The number of nitrogens with one attached hydrogen (secondary N) is 2. The fraction of sp³-hybridized carbons (Fsp3) is 0.0625. The Hall–Kier alpha value is -3.03. The Morgan fingerprint density at radius 1 is 0.913 bits per heavy atom. The molecule has 0 saturated heterocycles. The molecule has 7 heteroatoms. The monoisotopic (exact) mass is 312 g/mol. The number of carbonyl (C=O) groups excluding carboxylic acids is 3. The van der Waals surface area contributed by atoms with Crippen LogP contribution in [0.5, 0.6) is 5.75 Å². The van der Waals surface area contributed by atoms with Crippen molar-refractivity contribution in [1.29, 1.82) is 0 Å². The molecule has 0 fully saturated rings. The number of benzene rings is 2. The van der Waals surface area contributed by atoms with Gasteiger partial charge < -0.3 is 10.2 Å². The Bertz CT molecular complexity index is 796. The number of phenols is 1. The lowest BCUT2D eigenvalue weighted by Gasteiger charge is -2.21. The van der Waals surface area contributed by atoms with E-state index in [0.717, 1.165) is 0 Å². The Labute approximate surface area is 130 Å². The third kappa shape index (κ3) is 2.28. The van der Waals surface area contributed by atoms with Crippen molar-refractivity contribution in [2.75, 3.05) is 0 Å². The van der Waals surface area contributed by atoms with Crippen molar-refractivity contribution in [2.45, 2.75) is 5.72 Å². The molecule has 116 valence electrons. The average Bonchev–Trinajstić information content (AvgIpc) is 2.76. The SMILES string of the molecule is O=C(NNC1(O)C(=O)c2ccccc2C1=O)c1ccccc1O. The minimum absolute atomic E-state index is 0.0704. The van der Waals surface area contributed by atoms with E-state index in [1.807, 2.05) is 0 Å². The molecule has 0 aromatic heterocycles. The van der Waals surface area contributed by atoms with Gasteiger partial charge in [0.2, 0.25) is 11.6 Å². The molecule has 1 amide bonds. The maximum absolute atomic E-state index is 12.2. The highest BCUT2D eigenvalue weighted by atomic mass is 16.3. The fourth-order valence-electron chi connectivity index (χ4n) is 2.37. The van der Waals surface area contributed by atoms with Gasteiger partial charge in [0.1, 0.15) is 5.75 Å². The molecule has 0 radical (unpaired) electrons. The molecule has 0 bridgehead atoms. The van der Waals surface area contributed by atoms with Gasteiger partial charge in [-0.05, 0) is 12.1 Å². The van der Waals surface area contributed by atoms with Crippen LogP contribution >= 0.6 is 0 Å². The normalized spacial score (nSPS) is 15.3. The van der Waals surface area contributed by atoms with Crippen molar-refractivity contribution in [3.8, 4) is 5.75 Å². The van der Waals surface area contributed by atoms with E-state index < -0.39 is 23.2 Å². The topological polar surface area (TPSA) is 116 Å². The van der Waals surface area contributed by atoms with Crippen LogP contribution in [0.2, 0.25) is 0 Å². The molecule has 0 spiro atoms. The Balaban J connectivity index is 1.81. The van der Waals surface area contributed by atoms with E-state index in [1.165, 1.54) is 36.4 Å². The summed E-state index contributed by atoms with van der Waals surface area (Å²) in [5.41, 5.74) is 1.66. The van der Waals surface area contributed by atoms with E-state index in [1.54, 1.807) is 12.1 Å². The summed E-state index contributed by atoms with van der Waals surface area (Å²) in [7, 11) is 0. The standard InChI is InChI=1S/C16H12N2O5/c19-12-8-4-3-7-11(12)15(22)17-18-16(23)13(20)9-5-1-2-6-10(9)14(16)21/h1-8,18-19,23H,(H,17,22). The smallest absolute Gasteiger partial charge is 0.269 e. The van der Waals surface area contributed by atoms with Crippen molar-refractivity contribution in [3.63, 3.8) is 0 Å². The van der Waals surface area contributed by atoms with Gasteiger partial charge in [0.25, 0.3) is 11.6 Å². The largest absolute Gasteiger partial charge is 0.507 e. The van der Waals surface area contributed by atoms with Crippen molar-refractivity contribution in [1.82, 2.24) is 10.9 Å². The van der Waals surface area contributed by atoms with Crippen molar-refractivity contribution >= 4 is 17.5 Å². The molecule has 23 heavy (non-hydrogen) atoms. The first-order valence-corrected chi connectivity index (χ1v) is 6.71. The first-order chi connectivity index (χ1) is 10.9. The van der Waals surface area contributed by atoms with Gasteiger partial charge in [0.15, 0.2) is 0 Å². The van der Waals surface area contributed by atoms with Crippen LogP contribution in [-0.4, -0.2) is 33.4 Å².